The summed E-state index contributed by atoms with van der Waals surface area (Å²) in [5.41, 5.74) is 2.58. The molecule has 3 atom stereocenters. The normalized spacial score (nSPS) is 23.5. The number of nitrogens with one attached hydrogen (secondary N) is 1. The number of aliphatic hydroxyl groups excluding tert-OH is 1. The summed E-state index contributed by atoms with van der Waals surface area (Å²) in [5, 5.41) is 14.6. The van der Waals surface area contributed by atoms with Crippen LogP contribution in [0.4, 0.5) is 5.82 Å². The summed E-state index contributed by atoms with van der Waals surface area (Å²) < 4.78 is 0.177. The number of carbonyl (C=O) groups excluding carboxylic acids is 1. The quantitative estimate of drug-likeness (QED) is 0.690. The van der Waals surface area contributed by atoms with Gasteiger partial charge in [0.2, 0.25) is 5.82 Å². The number of aliphatic hydroxyl groups is 1. The van der Waals surface area contributed by atoms with Crippen LogP contribution in [0.2, 0.25) is 5.02 Å². The number of benzene rings is 1. The van der Waals surface area contributed by atoms with Crippen molar-refractivity contribution in [3.63, 3.8) is 0 Å². The second-order valence-electron chi connectivity index (χ2n) is 9.02. The molecule has 2 heterocycles. The lowest BCUT2D eigenvalue weighted by molar-refractivity contribution is -0.133. The molecule has 0 spiro atoms. The van der Waals surface area contributed by atoms with E-state index in [0.29, 0.717) is 36.8 Å². The van der Waals surface area contributed by atoms with Gasteiger partial charge >= 0.3 is 5.91 Å². The number of aromatic nitrogens is 2. The van der Waals surface area contributed by atoms with Crippen molar-refractivity contribution in [2.45, 2.75) is 31.3 Å². The lowest BCUT2D eigenvalue weighted by Gasteiger charge is -2.41. The Morgan fingerprint density at radius 2 is 1.94 bits per heavy atom. The molecule has 0 saturated carbocycles. The van der Waals surface area contributed by atoms with Gasteiger partial charge in [0.1, 0.15) is 25.3 Å². The predicted octanol–water partition coefficient (Wildman–Crippen LogP) is 2.45. The molecule has 1 aliphatic carbocycles. The Balaban J connectivity index is 1.84. The first-order valence-electron chi connectivity index (χ1n) is 10.9. The molecule has 8 heteroatoms. The highest BCUT2D eigenvalue weighted by Gasteiger charge is 2.49. The van der Waals surface area contributed by atoms with Gasteiger partial charge in [-0.1, -0.05) is 30.7 Å². The Bertz CT molecular complexity index is 943. The molecular formula is C23H31ClN5O2+. The number of rotatable bonds is 5. The molecule has 1 aromatic carbocycles. The maximum atomic E-state index is 14.4. The smallest absolute Gasteiger partial charge is 0.328 e. The van der Waals surface area contributed by atoms with E-state index in [1.807, 2.05) is 43.3 Å². The van der Waals surface area contributed by atoms with Crippen LogP contribution in [0.5, 0.6) is 0 Å². The Hall–Kier alpha value is -1.90. The van der Waals surface area contributed by atoms with Crippen molar-refractivity contribution >= 4 is 23.3 Å². The van der Waals surface area contributed by atoms with Gasteiger partial charge in [0.05, 0.1) is 17.4 Å². The monoisotopic (exact) mass is 444 g/mol. The number of hydrogen-bond acceptors (Lipinski definition) is 6. The number of fused-ring (bicyclic) bond motifs is 1. The fourth-order valence-electron chi connectivity index (χ4n) is 5.04. The Kier molecular flexibility index (Phi) is 6.42. The van der Waals surface area contributed by atoms with Crippen LogP contribution < -0.4 is 9.80 Å². The number of piperazine rings is 1. The fourth-order valence-corrected chi connectivity index (χ4v) is 5.17. The van der Waals surface area contributed by atoms with Crippen molar-refractivity contribution in [2.75, 3.05) is 46.8 Å². The third kappa shape index (κ3) is 4.13. The Morgan fingerprint density at radius 1 is 1.26 bits per heavy atom. The van der Waals surface area contributed by atoms with Crippen molar-refractivity contribution in [3.8, 4) is 0 Å². The Labute approximate surface area is 188 Å². The lowest BCUT2D eigenvalue weighted by atomic mass is 9.94. The van der Waals surface area contributed by atoms with Crippen LogP contribution >= 0.6 is 11.6 Å². The minimum absolute atomic E-state index is 0.113. The van der Waals surface area contributed by atoms with E-state index >= 15 is 0 Å². The minimum Gasteiger partial charge on any atom is -0.387 e. The zero-order valence-electron chi connectivity index (χ0n) is 18.4. The molecule has 2 N–H and O–H groups in total. The van der Waals surface area contributed by atoms with Crippen LogP contribution in [-0.4, -0.2) is 72.7 Å². The van der Waals surface area contributed by atoms with Crippen molar-refractivity contribution < 1.29 is 9.90 Å². The van der Waals surface area contributed by atoms with Gasteiger partial charge in [0.25, 0.3) is 0 Å². The van der Waals surface area contributed by atoms with Crippen LogP contribution in [0.25, 0.3) is 0 Å². The second kappa shape index (κ2) is 8.92. The number of hydrogen-bond donors (Lipinski definition) is 2. The molecule has 166 valence electrons. The zero-order chi connectivity index (χ0) is 22.2. The van der Waals surface area contributed by atoms with E-state index in [0.717, 1.165) is 30.0 Å². The van der Waals surface area contributed by atoms with Gasteiger partial charge in [0, 0.05) is 24.7 Å². The third-order valence-electron chi connectivity index (χ3n) is 6.57. The average Bonchev–Trinajstić information content (AvgIpc) is 3.06. The maximum absolute atomic E-state index is 14.4. The molecule has 31 heavy (non-hydrogen) atoms. The van der Waals surface area contributed by atoms with Crippen LogP contribution in [0.1, 0.15) is 48.1 Å². The van der Waals surface area contributed by atoms with E-state index < -0.39 is 6.10 Å². The molecule has 0 radical (unpaired) electrons. The Morgan fingerprint density at radius 3 is 2.58 bits per heavy atom. The van der Waals surface area contributed by atoms with Gasteiger partial charge in [-0.05, 0) is 44.1 Å². The molecule has 1 amide bonds. The van der Waals surface area contributed by atoms with E-state index in [4.69, 9.17) is 11.6 Å². The molecule has 1 saturated heterocycles. The summed E-state index contributed by atoms with van der Waals surface area (Å²) in [5.74, 6) is 0.685. The van der Waals surface area contributed by atoms with E-state index in [9.17, 15) is 9.90 Å². The molecule has 2 aliphatic rings. The van der Waals surface area contributed by atoms with Gasteiger partial charge in [-0.2, -0.15) is 4.98 Å². The largest absolute Gasteiger partial charge is 0.387 e. The highest BCUT2D eigenvalue weighted by Crippen LogP contribution is 2.45. The topological polar surface area (TPSA) is 78.4 Å². The van der Waals surface area contributed by atoms with Crippen LogP contribution in [0.15, 0.2) is 30.6 Å². The van der Waals surface area contributed by atoms with Gasteiger partial charge in [0.15, 0.2) is 0 Å². The van der Waals surface area contributed by atoms with Crippen LogP contribution in [-0.2, 0) is 4.79 Å². The average molecular weight is 445 g/mol. The zero-order valence-corrected chi connectivity index (χ0v) is 19.1. The van der Waals surface area contributed by atoms with Gasteiger partial charge in [-0.25, -0.2) is 14.3 Å². The summed E-state index contributed by atoms with van der Waals surface area (Å²) in [6, 6.07) is 7.58. The first kappa shape index (κ1) is 22.3. The maximum Gasteiger partial charge on any atom is 0.328 e. The summed E-state index contributed by atoms with van der Waals surface area (Å²) in [6.07, 6.45) is 1.53. The van der Waals surface area contributed by atoms with Gasteiger partial charge in [-0.15, -0.1) is 0 Å². The van der Waals surface area contributed by atoms with E-state index in [2.05, 4.69) is 22.2 Å². The molecule has 4 rings (SSSR count). The van der Waals surface area contributed by atoms with Crippen molar-refractivity contribution in [2.24, 2.45) is 0 Å². The van der Waals surface area contributed by atoms with Crippen LogP contribution in [0, 0.1) is 0 Å². The molecule has 0 bridgehead atoms. The molecule has 7 nitrogen and oxygen atoms in total. The number of likely N-dealkylation sites (N-methyl/N-ethyl adjacent to an activating group) is 1. The minimum atomic E-state index is -0.598. The molecule has 0 unspecified atom stereocenters. The van der Waals surface area contributed by atoms with Crippen molar-refractivity contribution in [1.82, 2.24) is 24.7 Å². The first-order valence-corrected chi connectivity index (χ1v) is 11.3. The number of amides is 1. The SMILES string of the molecule is C[C@@H]1C[C@@H](O)c2ncnc([N+]3(C(=O)[C@H](CN(C)C)c4ccc(Cl)cc4)CCNCC3)c21. The predicted molar refractivity (Wildman–Crippen MR) is 122 cm³/mol. The standard InChI is InChI=1S/C23H31ClN5O2/c1-15-12-19(30)21-20(15)22(27-14-26-21)29(10-8-25-9-11-29)23(31)18(13-28(2)3)16-4-6-17(24)7-5-16/h4-7,14-15,18-19,25,30H,8-13H2,1-3H3/q+1/t15-,18-,19-/m1/s1. The summed E-state index contributed by atoms with van der Waals surface area (Å²) in [7, 11) is 3.97. The summed E-state index contributed by atoms with van der Waals surface area (Å²) >= 11 is 6.12. The summed E-state index contributed by atoms with van der Waals surface area (Å²) in [6.45, 7) is 5.40. The molecule has 1 aliphatic heterocycles. The van der Waals surface area contributed by atoms with E-state index in [1.54, 1.807) is 0 Å². The molecule has 1 aromatic heterocycles. The summed E-state index contributed by atoms with van der Waals surface area (Å²) in [4.78, 5) is 25.5. The van der Waals surface area contributed by atoms with E-state index in [-0.39, 0.29) is 22.2 Å². The third-order valence-corrected chi connectivity index (χ3v) is 6.82. The number of quaternary nitrogens is 1. The first-order chi connectivity index (χ1) is 14.8. The fraction of sp³-hybridized carbons (Fsp3) is 0.522. The van der Waals surface area contributed by atoms with Crippen molar-refractivity contribution in [1.29, 1.82) is 0 Å². The second-order valence-corrected chi connectivity index (χ2v) is 9.45. The molecule has 2 aromatic rings. The number of halogens is 1. The van der Waals surface area contributed by atoms with Crippen molar-refractivity contribution in [3.05, 3.63) is 52.4 Å². The number of carbonyl (C=O) groups is 1. The molecule has 1 fully saturated rings. The number of nitrogens with zero attached hydrogens (tertiary/aromatic N) is 4. The van der Waals surface area contributed by atoms with Crippen LogP contribution in [0.3, 0.4) is 0 Å². The molecular weight excluding hydrogens is 414 g/mol. The highest BCUT2D eigenvalue weighted by molar-refractivity contribution is 6.30. The highest BCUT2D eigenvalue weighted by atomic mass is 35.5. The van der Waals surface area contributed by atoms with E-state index in [1.165, 1.54) is 6.33 Å². The lowest BCUT2D eigenvalue weighted by Crippen LogP contribution is -2.65. The van der Waals surface area contributed by atoms with Gasteiger partial charge < -0.3 is 15.3 Å². The van der Waals surface area contributed by atoms with Gasteiger partial charge in [-0.3, -0.25) is 0 Å².